The van der Waals surface area contributed by atoms with E-state index in [9.17, 15) is 4.79 Å². The third-order valence-electron chi connectivity index (χ3n) is 3.99. The fraction of sp³-hybridized carbons (Fsp3) is 0.450. The van der Waals surface area contributed by atoms with E-state index >= 15 is 0 Å². The molecular formula is C20H30IN5OS. The Balaban J connectivity index is 0.00000392. The Morgan fingerprint density at radius 3 is 2.39 bits per heavy atom. The summed E-state index contributed by atoms with van der Waals surface area (Å²) in [4.78, 5) is 22.2. The zero-order valence-corrected chi connectivity index (χ0v) is 20.3. The van der Waals surface area contributed by atoms with E-state index in [4.69, 9.17) is 0 Å². The molecule has 2 rings (SSSR count). The summed E-state index contributed by atoms with van der Waals surface area (Å²) in [5.41, 5.74) is 2.97. The summed E-state index contributed by atoms with van der Waals surface area (Å²) in [6, 6.07) is 7.78. The predicted molar refractivity (Wildman–Crippen MR) is 129 cm³/mol. The zero-order valence-electron chi connectivity index (χ0n) is 17.1. The number of nitrogens with one attached hydrogen (secondary N) is 3. The lowest BCUT2D eigenvalue weighted by molar-refractivity contribution is -0.118. The maximum absolute atomic E-state index is 11.7. The molecular weight excluding hydrogens is 485 g/mol. The second-order valence-electron chi connectivity index (χ2n) is 6.64. The number of thiazole rings is 1. The number of hydrogen-bond acceptors (Lipinski definition) is 4. The van der Waals surface area contributed by atoms with Crippen molar-refractivity contribution in [2.24, 2.45) is 10.9 Å². The molecule has 1 heterocycles. The molecule has 1 aromatic carbocycles. The third kappa shape index (κ3) is 7.75. The van der Waals surface area contributed by atoms with E-state index in [1.807, 2.05) is 52.0 Å². The van der Waals surface area contributed by atoms with Crippen molar-refractivity contribution in [1.82, 2.24) is 15.6 Å². The molecule has 0 atom stereocenters. The topological polar surface area (TPSA) is 78.4 Å². The van der Waals surface area contributed by atoms with Gasteiger partial charge in [-0.05, 0) is 38.5 Å². The van der Waals surface area contributed by atoms with Crippen LogP contribution in [0.2, 0.25) is 0 Å². The van der Waals surface area contributed by atoms with E-state index in [2.05, 4.69) is 32.9 Å². The summed E-state index contributed by atoms with van der Waals surface area (Å²) in [5.74, 6) is 0.751. The summed E-state index contributed by atoms with van der Waals surface area (Å²) in [7, 11) is 0. The lowest BCUT2D eigenvalue weighted by atomic mass is 10.2. The van der Waals surface area contributed by atoms with Crippen LogP contribution in [0.4, 0.5) is 5.69 Å². The van der Waals surface area contributed by atoms with Crippen LogP contribution >= 0.6 is 35.3 Å². The molecule has 0 saturated carbocycles. The van der Waals surface area contributed by atoms with Crippen LogP contribution < -0.4 is 16.0 Å². The van der Waals surface area contributed by atoms with Gasteiger partial charge in [0.05, 0.1) is 18.8 Å². The number of aryl methyl sites for hydroxylation is 2. The first-order chi connectivity index (χ1) is 12.9. The van der Waals surface area contributed by atoms with Gasteiger partial charge in [0.1, 0.15) is 5.01 Å². The van der Waals surface area contributed by atoms with E-state index in [-0.39, 0.29) is 35.8 Å². The molecule has 2 aromatic rings. The Bertz CT molecular complexity index is 767. The molecule has 0 aliphatic rings. The maximum atomic E-state index is 11.7. The van der Waals surface area contributed by atoms with Gasteiger partial charge in [-0.25, -0.2) is 9.98 Å². The SMILES string of the molecule is CCNC(=NCc1ccc(NC(=O)C(C)C)cc1)NCc1nc(C)c(C)s1.I. The van der Waals surface area contributed by atoms with Gasteiger partial charge in [-0.2, -0.15) is 0 Å². The first-order valence-corrected chi connectivity index (χ1v) is 10.1. The zero-order chi connectivity index (χ0) is 19.8. The van der Waals surface area contributed by atoms with Crippen molar-refractivity contribution in [3.05, 3.63) is 45.4 Å². The van der Waals surface area contributed by atoms with Gasteiger partial charge < -0.3 is 16.0 Å². The van der Waals surface area contributed by atoms with E-state index in [0.29, 0.717) is 13.1 Å². The molecule has 0 spiro atoms. The minimum atomic E-state index is -0.0339. The fourth-order valence-electron chi connectivity index (χ4n) is 2.27. The molecule has 0 aliphatic heterocycles. The summed E-state index contributed by atoms with van der Waals surface area (Å²) < 4.78 is 0. The van der Waals surface area contributed by atoms with Gasteiger partial charge in [0.25, 0.3) is 0 Å². The van der Waals surface area contributed by atoms with E-state index in [0.717, 1.165) is 34.5 Å². The molecule has 8 heteroatoms. The Morgan fingerprint density at radius 1 is 1.18 bits per heavy atom. The summed E-state index contributed by atoms with van der Waals surface area (Å²) in [5, 5.41) is 10.5. The number of rotatable bonds is 7. The first-order valence-electron chi connectivity index (χ1n) is 9.24. The van der Waals surface area contributed by atoms with Gasteiger partial charge in [-0.1, -0.05) is 26.0 Å². The van der Waals surface area contributed by atoms with Crippen LogP contribution in [-0.4, -0.2) is 23.4 Å². The molecule has 0 fully saturated rings. The monoisotopic (exact) mass is 515 g/mol. The molecule has 6 nitrogen and oxygen atoms in total. The van der Waals surface area contributed by atoms with Gasteiger partial charge in [0.2, 0.25) is 5.91 Å². The average Bonchev–Trinajstić information content (AvgIpc) is 2.96. The highest BCUT2D eigenvalue weighted by Gasteiger charge is 2.07. The van der Waals surface area contributed by atoms with Crippen molar-refractivity contribution in [3.8, 4) is 0 Å². The van der Waals surface area contributed by atoms with Crippen molar-refractivity contribution in [3.63, 3.8) is 0 Å². The van der Waals surface area contributed by atoms with Crippen molar-refractivity contribution in [2.75, 3.05) is 11.9 Å². The molecule has 0 unspecified atom stereocenters. The van der Waals surface area contributed by atoms with Gasteiger partial charge in [-0.15, -0.1) is 35.3 Å². The van der Waals surface area contributed by atoms with Crippen LogP contribution in [0.15, 0.2) is 29.3 Å². The second-order valence-corrected chi connectivity index (χ2v) is 7.93. The Hall–Kier alpha value is -1.68. The van der Waals surface area contributed by atoms with Gasteiger partial charge in [0, 0.05) is 23.0 Å². The van der Waals surface area contributed by atoms with Gasteiger partial charge >= 0.3 is 0 Å². The number of amides is 1. The van der Waals surface area contributed by atoms with Crippen LogP contribution in [-0.2, 0) is 17.9 Å². The number of halogens is 1. The number of nitrogens with zero attached hydrogens (tertiary/aromatic N) is 2. The molecule has 0 saturated heterocycles. The number of aliphatic imine (C=N–C) groups is 1. The van der Waals surface area contributed by atoms with Crippen molar-refractivity contribution < 1.29 is 4.79 Å². The minimum Gasteiger partial charge on any atom is -0.357 e. The standard InChI is InChI=1S/C20H29N5OS.HI/c1-6-21-20(23-12-18-24-14(4)15(5)27-18)22-11-16-7-9-17(10-8-16)25-19(26)13(2)3;/h7-10,13H,6,11-12H2,1-5H3,(H,25,26)(H2,21,22,23);1H. The number of carbonyl (C=O) groups is 1. The predicted octanol–water partition coefficient (Wildman–Crippen LogP) is 4.23. The third-order valence-corrected chi connectivity index (χ3v) is 5.06. The Kier molecular flexibility index (Phi) is 10.4. The van der Waals surface area contributed by atoms with Crippen LogP contribution in [0.25, 0.3) is 0 Å². The molecule has 0 radical (unpaired) electrons. The number of hydrogen-bond donors (Lipinski definition) is 3. The fourth-order valence-corrected chi connectivity index (χ4v) is 3.14. The normalized spacial score (nSPS) is 11.1. The maximum Gasteiger partial charge on any atom is 0.226 e. The van der Waals surface area contributed by atoms with Crippen LogP contribution in [0.3, 0.4) is 0 Å². The van der Waals surface area contributed by atoms with Crippen LogP contribution in [0.5, 0.6) is 0 Å². The quantitative estimate of drug-likeness (QED) is 0.293. The lowest BCUT2D eigenvalue weighted by Gasteiger charge is -2.11. The average molecular weight is 515 g/mol. The number of benzene rings is 1. The molecule has 3 N–H and O–H groups in total. The highest BCUT2D eigenvalue weighted by atomic mass is 127. The summed E-state index contributed by atoms with van der Waals surface area (Å²) in [6.07, 6.45) is 0. The van der Waals surface area contributed by atoms with Gasteiger partial charge in [0.15, 0.2) is 5.96 Å². The molecule has 1 amide bonds. The number of guanidine groups is 1. The largest absolute Gasteiger partial charge is 0.357 e. The summed E-state index contributed by atoms with van der Waals surface area (Å²) in [6.45, 7) is 11.9. The number of carbonyl (C=O) groups excluding carboxylic acids is 1. The molecule has 1 aromatic heterocycles. The highest BCUT2D eigenvalue weighted by molar-refractivity contribution is 14.0. The van der Waals surface area contributed by atoms with E-state index in [1.54, 1.807) is 11.3 Å². The molecule has 154 valence electrons. The van der Waals surface area contributed by atoms with Crippen molar-refractivity contribution in [2.45, 2.75) is 47.7 Å². The van der Waals surface area contributed by atoms with E-state index in [1.165, 1.54) is 4.88 Å². The molecule has 0 aliphatic carbocycles. The van der Waals surface area contributed by atoms with E-state index < -0.39 is 0 Å². The number of aromatic nitrogens is 1. The highest BCUT2D eigenvalue weighted by Crippen LogP contribution is 2.16. The molecule has 0 bridgehead atoms. The van der Waals surface area contributed by atoms with Gasteiger partial charge in [-0.3, -0.25) is 4.79 Å². The first kappa shape index (κ1) is 24.4. The summed E-state index contributed by atoms with van der Waals surface area (Å²) >= 11 is 1.71. The smallest absolute Gasteiger partial charge is 0.226 e. The minimum absolute atomic E-state index is 0. The Morgan fingerprint density at radius 2 is 1.86 bits per heavy atom. The lowest BCUT2D eigenvalue weighted by Crippen LogP contribution is -2.36. The van der Waals surface area contributed by atoms with Crippen molar-refractivity contribution in [1.29, 1.82) is 0 Å². The van der Waals surface area contributed by atoms with Crippen LogP contribution in [0, 0.1) is 19.8 Å². The van der Waals surface area contributed by atoms with Crippen LogP contribution in [0.1, 0.15) is 41.9 Å². The molecule has 28 heavy (non-hydrogen) atoms. The Labute approximate surface area is 188 Å². The second kappa shape index (κ2) is 12.0. The number of anilines is 1. The van der Waals surface area contributed by atoms with Crippen molar-refractivity contribution >= 4 is 52.9 Å².